The first-order chi connectivity index (χ1) is 9.81. The van der Waals surface area contributed by atoms with E-state index in [4.69, 9.17) is 4.52 Å². The number of carbonyl (C=O) groups is 1. The van der Waals surface area contributed by atoms with Crippen LogP contribution in [0.25, 0.3) is 11.4 Å². The minimum absolute atomic E-state index is 0.0361. The van der Waals surface area contributed by atoms with E-state index in [-0.39, 0.29) is 11.9 Å². The van der Waals surface area contributed by atoms with Gasteiger partial charge < -0.3 is 15.2 Å². The molecule has 7 heteroatoms. The molecule has 0 spiro atoms. The summed E-state index contributed by atoms with van der Waals surface area (Å²) in [5.74, 6) is 1.13. The molecule has 2 aromatic heterocycles. The molecule has 1 saturated heterocycles. The Balaban J connectivity index is 1.49. The van der Waals surface area contributed by atoms with Gasteiger partial charge in [0.05, 0.1) is 0 Å². The zero-order valence-electron chi connectivity index (χ0n) is 11.0. The number of hydrogen-bond donors (Lipinski definition) is 2. The number of amides is 1. The molecule has 1 aliphatic heterocycles. The molecule has 2 aromatic rings. The minimum Gasteiger partial charge on any atom is -0.352 e. The molecule has 0 aliphatic carbocycles. The van der Waals surface area contributed by atoms with E-state index in [9.17, 15) is 4.79 Å². The molecule has 0 radical (unpaired) electrons. The smallest absolute Gasteiger partial charge is 0.227 e. The summed E-state index contributed by atoms with van der Waals surface area (Å²) >= 11 is 1.59. The Morgan fingerprint density at radius 1 is 1.60 bits per heavy atom. The van der Waals surface area contributed by atoms with Crippen molar-refractivity contribution in [1.82, 2.24) is 20.8 Å². The molecule has 1 aliphatic rings. The third-order valence-electron chi connectivity index (χ3n) is 3.24. The monoisotopic (exact) mass is 292 g/mol. The largest absolute Gasteiger partial charge is 0.352 e. The summed E-state index contributed by atoms with van der Waals surface area (Å²) in [4.78, 5) is 16.1. The van der Waals surface area contributed by atoms with E-state index in [1.54, 1.807) is 11.3 Å². The predicted octanol–water partition coefficient (Wildman–Crippen LogP) is 1.21. The molecule has 0 saturated carbocycles. The summed E-state index contributed by atoms with van der Waals surface area (Å²) in [5, 5.41) is 14.1. The normalized spacial score (nSPS) is 18.3. The molecular weight excluding hydrogens is 276 g/mol. The van der Waals surface area contributed by atoms with Crippen LogP contribution in [-0.2, 0) is 11.2 Å². The fourth-order valence-corrected chi connectivity index (χ4v) is 2.80. The lowest BCUT2D eigenvalue weighted by molar-refractivity contribution is -0.121. The summed E-state index contributed by atoms with van der Waals surface area (Å²) in [6.07, 6.45) is 1.85. The number of carbonyl (C=O) groups excluding carboxylic acids is 1. The lowest BCUT2D eigenvalue weighted by Gasteiger charge is -2.10. The van der Waals surface area contributed by atoms with Gasteiger partial charge in [-0.3, -0.25) is 4.79 Å². The van der Waals surface area contributed by atoms with Crippen molar-refractivity contribution in [3.05, 3.63) is 22.7 Å². The molecular formula is C13H16N4O2S. The molecule has 3 heterocycles. The Labute approximate surface area is 120 Å². The second-order valence-electron chi connectivity index (χ2n) is 4.78. The van der Waals surface area contributed by atoms with Crippen LogP contribution in [0, 0.1) is 0 Å². The van der Waals surface area contributed by atoms with Crippen molar-refractivity contribution in [2.45, 2.75) is 25.3 Å². The van der Waals surface area contributed by atoms with Gasteiger partial charge in [0.2, 0.25) is 17.6 Å². The lowest BCUT2D eigenvalue weighted by atomic mass is 10.2. The molecule has 106 valence electrons. The van der Waals surface area contributed by atoms with Crippen LogP contribution in [0.5, 0.6) is 0 Å². The van der Waals surface area contributed by atoms with Gasteiger partial charge in [0.25, 0.3) is 0 Å². The van der Waals surface area contributed by atoms with Crippen molar-refractivity contribution in [2.24, 2.45) is 0 Å². The van der Waals surface area contributed by atoms with Gasteiger partial charge in [-0.15, -0.1) is 0 Å². The average molecular weight is 292 g/mol. The summed E-state index contributed by atoms with van der Waals surface area (Å²) in [6, 6.07) is 2.20. The number of nitrogens with zero attached hydrogens (tertiary/aromatic N) is 2. The van der Waals surface area contributed by atoms with Gasteiger partial charge in [0.1, 0.15) is 0 Å². The van der Waals surface area contributed by atoms with Crippen LogP contribution in [0.1, 0.15) is 18.7 Å². The second-order valence-corrected chi connectivity index (χ2v) is 5.56. The molecule has 20 heavy (non-hydrogen) atoms. The first-order valence-corrected chi connectivity index (χ1v) is 7.61. The average Bonchev–Trinajstić information content (AvgIpc) is 3.18. The van der Waals surface area contributed by atoms with Gasteiger partial charge in [0, 0.05) is 36.4 Å². The standard InChI is InChI=1S/C13H16N4O2S/c18-11(15-10-3-5-14-7-10)1-2-12-16-13(17-19-12)9-4-6-20-8-9/h4,6,8,10,14H,1-3,5,7H2,(H,15,18). The summed E-state index contributed by atoms with van der Waals surface area (Å²) in [6.45, 7) is 1.83. The van der Waals surface area contributed by atoms with Crippen LogP contribution < -0.4 is 10.6 Å². The van der Waals surface area contributed by atoms with E-state index in [1.165, 1.54) is 0 Å². The number of thiophene rings is 1. The molecule has 1 amide bonds. The third-order valence-corrected chi connectivity index (χ3v) is 3.92. The van der Waals surface area contributed by atoms with Crippen LogP contribution in [0.3, 0.4) is 0 Å². The first-order valence-electron chi connectivity index (χ1n) is 6.66. The Bertz CT molecular complexity index is 561. The quantitative estimate of drug-likeness (QED) is 0.866. The highest BCUT2D eigenvalue weighted by Gasteiger charge is 2.17. The maximum Gasteiger partial charge on any atom is 0.227 e. The lowest BCUT2D eigenvalue weighted by Crippen LogP contribution is -2.36. The molecule has 0 aromatic carbocycles. The molecule has 0 bridgehead atoms. The van der Waals surface area contributed by atoms with E-state index < -0.39 is 0 Å². The highest BCUT2D eigenvalue weighted by Crippen LogP contribution is 2.18. The van der Waals surface area contributed by atoms with Gasteiger partial charge in [-0.1, -0.05) is 5.16 Å². The van der Waals surface area contributed by atoms with E-state index in [1.807, 2.05) is 16.8 Å². The SMILES string of the molecule is O=C(CCc1nc(-c2ccsc2)no1)NC1CCNC1. The van der Waals surface area contributed by atoms with Gasteiger partial charge in [-0.25, -0.2) is 0 Å². The van der Waals surface area contributed by atoms with Crippen LogP contribution in [0.15, 0.2) is 21.3 Å². The minimum atomic E-state index is 0.0361. The number of aromatic nitrogens is 2. The fraction of sp³-hybridized carbons (Fsp3) is 0.462. The van der Waals surface area contributed by atoms with E-state index >= 15 is 0 Å². The van der Waals surface area contributed by atoms with E-state index in [0.717, 1.165) is 25.1 Å². The number of nitrogens with one attached hydrogen (secondary N) is 2. The maximum absolute atomic E-state index is 11.8. The van der Waals surface area contributed by atoms with Gasteiger partial charge >= 0.3 is 0 Å². The highest BCUT2D eigenvalue weighted by atomic mass is 32.1. The van der Waals surface area contributed by atoms with Crippen molar-refractivity contribution in [2.75, 3.05) is 13.1 Å². The Morgan fingerprint density at radius 3 is 3.30 bits per heavy atom. The molecule has 3 rings (SSSR count). The van der Waals surface area contributed by atoms with Crippen LogP contribution in [0.4, 0.5) is 0 Å². The summed E-state index contributed by atoms with van der Waals surface area (Å²) in [5.41, 5.74) is 0.950. The number of rotatable bonds is 5. The number of hydrogen-bond acceptors (Lipinski definition) is 6. The fourth-order valence-electron chi connectivity index (χ4n) is 2.16. The van der Waals surface area contributed by atoms with Gasteiger partial charge in [0.15, 0.2) is 0 Å². The van der Waals surface area contributed by atoms with Crippen molar-refractivity contribution >= 4 is 17.2 Å². The topological polar surface area (TPSA) is 80.0 Å². The van der Waals surface area contributed by atoms with Crippen molar-refractivity contribution in [1.29, 1.82) is 0 Å². The first kappa shape index (κ1) is 13.3. The molecule has 2 N–H and O–H groups in total. The number of aryl methyl sites for hydroxylation is 1. The predicted molar refractivity (Wildman–Crippen MR) is 75.3 cm³/mol. The zero-order chi connectivity index (χ0) is 13.8. The molecule has 1 fully saturated rings. The Morgan fingerprint density at radius 2 is 2.55 bits per heavy atom. The van der Waals surface area contributed by atoms with Crippen molar-refractivity contribution in [3.63, 3.8) is 0 Å². The Hall–Kier alpha value is -1.73. The van der Waals surface area contributed by atoms with E-state index in [2.05, 4.69) is 20.8 Å². The summed E-state index contributed by atoms with van der Waals surface area (Å²) in [7, 11) is 0. The van der Waals surface area contributed by atoms with Crippen LogP contribution >= 0.6 is 11.3 Å². The molecule has 6 nitrogen and oxygen atoms in total. The highest BCUT2D eigenvalue weighted by molar-refractivity contribution is 7.08. The van der Waals surface area contributed by atoms with Gasteiger partial charge in [-0.2, -0.15) is 16.3 Å². The second kappa shape index (κ2) is 6.15. The maximum atomic E-state index is 11.8. The molecule has 1 atom stereocenters. The van der Waals surface area contributed by atoms with E-state index in [0.29, 0.717) is 24.6 Å². The summed E-state index contributed by atoms with van der Waals surface area (Å²) < 4.78 is 5.16. The Kier molecular flexibility index (Phi) is 4.08. The van der Waals surface area contributed by atoms with Gasteiger partial charge in [-0.05, 0) is 24.4 Å². The van der Waals surface area contributed by atoms with Crippen molar-refractivity contribution < 1.29 is 9.32 Å². The molecule has 1 unspecified atom stereocenters. The van der Waals surface area contributed by atoms with Crippen LogP contribution in [0.2, 0.25) is 0 Å². The van der Waals surface area contributed by atoms with Crippen molar-refractivity contribution in [3.8, 4) is 11.4 Å². The third kappa shape index (κ3) is 3.23. The zero-order valence-corrected chi connectivity index (χ0v) is 11.8. The van der Waals surface area contributed by atoms with Crippen LogP contribution in [-0.4, -0.2) is 35.2 Å².